The minimum atomic E-state index is -4.48. The van der Waals surface area contributed by atoms with Crippen LogP contribution in [-0.2, 0) is 4.57 Å². The summed E-state index contributed by atoms with van der Waals surface area (Å²) in [6.45, 7) is 0. The van der Waals surface area contributed by atoms with Gasteiger partial charge in [0.05, 0.1) is 0 Å². The van der Waals surface area contributed by atoms with Crippen LogP contribution in [0, 0.1) is 0 Å². The first-order valence-corrected chi connectivity index (χ1v) is 5.42. The molecular formula is C6H12NO3P-2. The van der Waals surface area contributed by atoms with Gasteiger partial charge in [-0.15, -0.1) is 0 Å². The van der Waals surface area contributed by atoms with Crippen LogP contribution in [-0.4, -0.2) is 6.04 Å². The highest BCUT2D eigenvalue weighted by atomic mass is 31.2. The van der Waals surface area contributed by atoms with Crippen LogP contribution >= 0.6 is 7.75 Å². The van der Waals surface area contributed by atoms with E-state index in [9.17, 15) is 14.4 Å². The topological polar surface area (TPSA) is 75.2 Å². The van der Waals surface area contributed by atoms with Crippen LogP contribution in [0.25, 0.3) is 0 Å². The molecule has 0 heterocycles. The lowest BCUT2D eigenvalue weighted by atomic mass is 9.96. The van der Waals surface area contributed by atoms with Gasteiger partial charge >= 0.3 is 0 Å². The highest BCUT2D eigenvalue weighted by Crippen LogP contribution is 2.25. The fourth-order valence-electron chi connectivity index (χ4n) is 1.46. The minimum absolute atomic E-state index is 0.0930. The molecule has 1 saturated carbocycles. The first-order valence-electron chi connectivity index (χ1n) is 3.88. The molecule has 1 aliphatic carbocycles. The Morgan fingerprint density at radius 2 is 1.73 bits per heavy atom. The van der Waals surface area contributed by atoms with Crippen LogP contribution in [0.3, 0.4) is 0 Å². The van der Waals surface area contributed by atoms with E-state index in [2.05, 4.69) is 5.09 Å². The Labute approximate surface area is 66.2 Å². The summed E-state index contributed by atoms with van der Waals surface area (Å²) in [5, 5.41) is 2.10. The summed E-state index contributed by atoms with van der Waals surface area (Å²) in [7, 11) is -4.48. The molecule has 1 fully saturated rings. The average Bonchev–Trinajstić information content (AvgIpc) is 1.85. The lowest BCUT2D eigenvalue weighted by molar-refractivity contribution is -0.318. The van der Waals surface area contributed by atoms with Crippen molar-refractivity contribution in [2.45, 2.75) is 38.1 Å². The largest absolute Gasteiger partial charge is 0.799 e. The monoisotopic (exact) mass is 177 g/mol. The molecule has 0 unspecified atom stereocenters. The van der Waals surface area contributed by atoms with Crippen LogP contribution in [0.15, 0.2) is 0 Å². The van der Waals surface area contributed by atoms with Gasteiger partial charge in [0.1, 0.15) is 0 Å². The Bertz CT molecular complexity index is 161. The van der Waals surface area contributed by atoms with E-state index in [-0.39, 0.29) is 6.04 Å². The molecule has 1 N–H and O–H groups in total. The van der Waals surface area contributed by atoms with Gasteiger partial charge in [-0.25, -0.2) is 0 Å². The number of hydrogen-bond acceptors (Lipinski definition) is 3. The van der Waals surface area contributed by atoms with Crippen LogP contribution in [0.5, 0.6) is 0 Å². The summed E-state index contributed by atoms with van der Waals surface area (Å²) >= 11 is 0. The molecule has 11 heavy (non-hydrogen) atoms. The van der Waals surface area contributed by atoms with E-state index in [1.165, 1.54) is 0 Å². The van der Waals surface area contributed by atoms with Gasteiger partial charge < -0.3 is 14.4 Å². The Morgan fingerprint density at radius 3 is 2.18 bits per heavy atom. The quantitative estimate of drug-likeness (QED) is 0.589. The third kappa shape index (κ3) is 3.87. The zero-order valence-corrected chi connectivity index (χ0v) is 7.18. The predicted molar refractivity (Wildman–Crippen MR) is 37.6 cm³/mol. The molecule has 0 radical (unpaired) electrons. The molecule has 1 aliphatic rings. The van der Waals surface area contributed by atoms with E-state index in [0.717, 1.165) is 32.1 Å². The summed E-state index contributed by atoms with van der Waals surface area (Å²) in [5.41, 5.74) is 0. The summed E-state index contributed by atoms with van der Waals surface area (Å²) in [5.74, 6) is 0. The predicted octanol–water partition coefficient (Wildman–Crippen LogP) is -0.263. The molecular weight excluding hydrogens is 165 g/mol. The van der Waals surface area contributed by atoms with Gasteiger partial charge in [-0.2, -0.15) is 0 Å². The first-order chi connectivity index (χ1) is 5.08. The third-order valence-corrected chi connectivity index (χ3v) is 2.63. The van der Waals surface area contributed by atoms with Gasteiger partial charge in [0.2, 0.25) is 0 Å². The van der Waals surface area contributed by atoms with Crippen LogP contribution in [0.1, 0.15) is 32.1 Å². The number of nitrogens with one attached hydrogen (secondary N) is 1. The number of hydrogen-bond donors (Lipinski definition) is 1. The molecule has 66 valence electrons. The van der Waals surface area contributed by atoms with E-state index in [1.54, 1.807) is 0 Å². The van der Waals surface area contributed by atoms with Gasteiger partial charge in [0.15, 0.2) is 0 Å². The van der Waals surface area contributed by atoms with Crippen molar-refractivity contribution in [3.8, 4) is 0 Å². The molecule has 0 aliphatic heterocycles. The molecule has 0 aromatic carbocycles. The van der Waals surface area contributed by atoms with Crippen molar-refractivity contribution < 1.29 is 14.4 Å². The summed E-state index contributed by atoms with van der Waals surface area (Å²) in [4.78, 5) is 20.5. The lowest BCUT2D eigenvalue weighted by Crippen LogP contribution is -2.36. The molecule has 5 heteroatoms. The summed E-state index contributed by atoms with van der Waals surface area (Å²) in [6.07, 6.45) is 4.83. The Balaban J connectivity index is 2.30. The van der Waals surface area contributed by atoms with Crippen molar-refractivity contribution in [2.24, 2.45) is 0 Å². The van der Waals surface area contributed by atoms with E-state index < -0.39 is 7.75 Å². The van der Waals surface area contributed by atoms with Crippen molar-refractivity contribution in [2.75, 3.05) is 0 Å². The highest BCUT2D eigenvalue weighted by Gasteiger charge is 2.12. The molecule has 0 aromatic heterocycles. The Kier molecular flexibility index (Phi) is 3.07. The van der Waals surface area contributed by atoms with Crippen LogP contribution in [0.2, 0.25) is 0 Å². The zero-order valence-electron chi connectivity index (χ0n) is 6.28. The lowest BCUT2D eigenvalue weighted by Gasteiger charge is -2.36. The fraction of sp³-hybridized carbons (Fsp3) is 1.00. The average molecular weight is 177 g/mol. The number of rotatable bonds is 2. The second kappa shape index (κ2) is 3.68. The van der Waals surface area contributed by atoms with Gasteiger partial charge in [0, 0.05) is 6.04 Å². The Hall–Kier alpha value is 0.110. The summed E-state index contributed by atoms with van der Waals surface area (Å²) in [6, 6.07) is -0.0930. The second-order valence-electron chi connectivity index (χ2n) is 2.96. The van der Waals surface area contributed by atoms with E-state index in [4.69, 9.17) is 0 Å². The van der Waals surface area contributed by atoms with E-state index in [0.29, 0.717) is 0 Å². The zero-order chi connectivity index (χ0) is 8.32. The fourth-order valence-corrected chi connectivity index (χ4v) is 2.16. The highest BCUT2D eigenvalue weighted by molar-refractivity contribution is 7.46. The van der Waals surface area contributed by atoms with E-state index >= 15 is 0 Å². The molecule has 0 aromatic rings. The van der Waals surface area contributed by atoms with Gasteiger partial charge in [-0.1, -0.05) is 19.3 Å². The molecule has 4 nitrogen and oxygen atoms in total. The van der Waals surface area contributed by atoms with Crippen molar-refractivity contribution in [1.82, 2.24) is 5.09 Å². The van der Waals surface area contributed by atoms with Crippen molar-refractivity contribution in [3.63, 3.8) is 0 Å². The van der Waals surface area contributed by atoms with E-state index in [1.807, 2.05) is 0 Å². The molecule has 0 amide bonds. The smallest absolute Gasteiger partial charge is 0.0109 e. The molecule has 0 spiro atoms. The summed E-state index contributed by atoms with van der Waals surface area (Å²) < 4.78 is 10.3. The maximum Gasteiger partial charge on any atom is 0.0109 e. The van der Waals surface area contributed by atoms with Gasteiger partial charge in [-0.05, 0) is 20.6 Å². The first kappa shape index (κ1) is 9.20. The SMILES string of the molecule is O=P([O-])([O-])NC1CCCCC1. The molecule has 0 bridgehead atoms. The maximum absolute atomic E-state index is 10.3. The van der Waals surface area contributed by atoms with Crippen molar-refractivity contribution in [3.05, 3.63) is 0 Å². The van der Waals surface area contributed by atoms with Crippen LogP contribution < -0.4 is 14.9 Å². The van der Waals surface area contributed by atoms with Crippen molar-refractivity contribution >= 4 is 7.75 Å². The normalized spacial score (nSPS) is 22.0. The van der Waals surface area contributed by atoms with Gasteiger partial charge in [-0.3, -0.25) is 5.09 Å². The second-order valence-corrected chi connectivity index (χ2v) is 4.21. The van der Waals surface area contributed by atoms with Crippen molar-refractivity contribution in [1.29, 1.82) is 0 Å². The molecule has 0 atom stereocenters. The minimum Gasteiger partial charge on any atom is -0.799 e. The maximum atomic E-state index is 10.3. The Morgan fingerprint density at radius 1 is 1.18 bits per heavy atom. The standard InChI is InChI=1S/C6H14NO3P/c8-11(9,10)7-6-4-2-1-3-5-6/h6H,1-5H2,(H3,7,8,9,10)/p-2. The van der Waals surface area contributed by atoms with Gasteiger partial charge in [0.25, 0.3) is 0 Å². The van der Waals surface area contributed by atoms with Crippen LogP contribution in [0.4, 0.5) is 0 Å². The molecule has 1 rings (SSSR count). The third-order valence-electron chi connectivity index (χ3n) is 1.95. The molecule has 0 saturated heterocycles.